The molecule has 0 amide bonds. The fourth-order valence-corrected chi connectivity index (χ4v) is 2.10. The van der Waals surface area contributed by atoms with Gasteiger partial charge in [-0.25, -0.2) is 0 Å². The van der Waals surface area contributed by atoms with Gasteiger partial charge in [-0.2, -0.15) is 0 Å². The second-order valence-corrected chi connectivity index (χ2v) is 4.14. The summed E-state index contributed by atoms with van der Waals surface area (Å²) in [5, 5.41) is 10.4. The quantitative estimate of drug-likeness (QED) is 0.683. The maximum Gasteiger partial charge on any atom is 0.249 e. The van der Waals surface area contributed by atoms with E-state index in [0.29, 0.717) is 5.52 Å². The highest BCUT2D eigenvalue weighted by molar-refractivity contribution is 5.94. The zero-order valence-corrected chi connectivity index (χ0v) is 9.55. The molecule has 0 spiro atoms. The molecule has 3 heteroatoms. The molecule has 0 aliphatic heterocycles. The van der Waals surface area contributed by atoms with Gasteiger partial charge in [-0.15, -0.1) is 0 Å². The van der Waals surface area contributed by atoms with Crippen LogP contribution >= 0.6 is 0 Å². The number of aromatic nitrogens is 1. The molecule has 18 heavy (non-hydrogen) atoms. The first kappa shape index (κ1) is 10.6. The van der Waals surface area contributed by atoms with Crippen molar-refractivity contribution in [2.24, 2.45) is 0 Å². The van der Waals surface area contributed by atoms with Gasteiger partial charge in [0.1, 0.15) is 5.75 Å². The van der Waals surface area contributed by atoms with Crippen molar-refractivity contribution in [1.29, 1.82) is 0 Å². The number of aromatic amines is 1. The topological polar surface area (TPSA) is 53.1 Å². The molecule has 2 N–H and O–H groups in total. The number of hydrogen-bond donors (Lipinski definition) is 2. The largest absolute Gasteiger partial charge is 0.508 e. The van der Waals surface area contributed by atoms with E-state index in [4.69, 9.17) is 0 Å². The highest BCUT2D eigenvalue weighted by atomic mass is 16.3. The minimum absolute atomic E-state index is 0.142. The van der Waals surface area contributed by atoms with Crippen molar-refractivity contribution in [2.45, 2.75) is 0 Å². The van der Waals surface area contributed by atoms with E-state index in [-0.39, 0.29) is 11.3 Å². The first-order valence-electron chi connectivity index (χ1n) is 5.65. The molecule has 3 nitrogen and oxygen atoms in total. The molecule has 1 heterocycles. The van der Waals surface area contributed by atoms with Crippen LogP contribution in [0.3, 0.4) is 0 Å². The Bertz CT molecular complexity index is 760. The molecular formula is C15H11NO2. The highest BCUT2D eigenvalue weighted by Gasteiger charge is 2.06. The smallest absolute Gasteiger partial charge is 0.249 e. The molecule has 0 bridgehead atoms. The molecule has 0 aliphatic carbocycles. The number of fused-ring (bicyclic) bond motifs is 1. The van der Waals surface area contributed by atoms with Crippen molar-refractivity contribution in [1.82, 2.24) is 4.98 Å². The molecule has 0 unspecified atom stereocenters. The van der Waals surface area contributed by atoms with Crippen molar-refractivity contribution >= 4 is 10.9 Å². The molecule has 3 rings (SSSR count). The standard InChI is InChI=1S/C15H11NO2/c17-11-6-7-12-13(10-4-2-1-3-5-10)9-15(18)16-14(12)8-11/h1-9,17H,(H,16,18). The Kier molecular flexibility index (Phi) is 2.38. The zero-order chi connectivity index (χ0) is 12.5. The van der Waals surface area contributed by atoms with E-state index in [1.807, 2.05) is 36.4 Å². The Morgan fingerprint density at radius 2 is 1.72 bits per heavy atom. The molecule has 88 valence electrons. The van der Waals surface area contributed by atoms with Gasteiger partial charge >= 0.3 is 0 Å². The molecule has 0 fully saturated rings. The summed E-state index contributed by atoms with van der Waals surface area (Å²) in [4.78, 5) is 14.4. The van der Waals surface area contributed by atoms with Gasteiger partial charge in [-0.1, -0.05) is 30.3 Å². The Labute approximate surface area is 103 Å². The molecule has 0 saturated carbocycles. The fourth-order valence-electron chi connectivity index (χ4n) is 2.10. The molecule has 1 aromatic heterocycles. The Morgan fingerprint density at radius 1 is 0.944 bits per heavy atom. The fraction of sp³-hybridized carbons (Fsp3) is 0. The maximum atomic E-state index is 11.7. The number of hydrogen-bond acceptors (Lipinski definition) is 2. The van der Waals surface area contributed by atoms with Crippen LogP contribution in [0.5, 0.6) is 5.75 Å². The maximum absolute atomic E-state index is 11.7. The number of phenols is 1. The lowest BCUT2D eigenvalue weighted by molar-refractivity contribution is 0.476. The monoisotopic (exact) mass is 237 g/mol. The minimum atomic E-state index is -0.174. The molecule has 2 aromatic carbocycles. The lowest BCUT2D eigenvalue weighted by Gasteiger charge is -2.06. The molecule has 0 aliphatic rings. The second-order valence-electron chi connectivity index (χ2n) is 4.14. The summed E-state index contributed by atoms with van der Waals surface area (Å²) in [6.45, 7) is 0. The molecular weight excluding hydrogens is 226 g/mol. The summed E-state index contributed by atoms with van der Waals surface area (Å²) in [7, 11) is 0. The van der Waals surface area contributed by atoms with Crippen LogP contribution in [0.2, 0.25) is 0 Å². The summed E-state index contributed by atoms with van der Waals surface area (Å²) in [5.41, 5.74) is 2.32. The van der Waals surface area contributed by atoms with Crippen LogP contribution in [-0.4, -0.2) is 10.1 Å². The molecule has 0 atom stereocenters. The van der Waals surface area contributed by atoms with Crippen LogP contribution in [-0.2, 0) is 0 Å². The van der Waals surface area contributed by atoms with Gasteiger partial charge in [-0.3, -0.25) is 4.79 Å². The lowest BCUT2D eigenvalue weighted by Crippen LogP contribution is -2.04. The van der Waals surface area contributed by atoms with E-state index in [2.05, 4.69) is 4.98 Å². The van der Waals surface area contributed by atoms with E-state index in [9.17, 15) is 9.90 Å². The van der Waals surface area contributed by atoms with Crippen LogP contribution in [0.1, 0.15) is 0 Å². The number of phenolic OH excluding ortho intramolecular Hbond substituents is 1. The lowest BCUT2D eigenvalue weighted by atomic mass is 10.0. The zero-order valence-electron chi connectivity index (χ0n) is 9.55. The van der Waals surface area contributed by atoms with Gasteiger partial charge < -0.3 is 10.1 Å². The number of pyridine rings is 1. The number of aromatic hydroxyl groups is 1. The first-order chi connectivity index (χ1) is 8.74. The third-order valence-electron chi connectivity index (χ3n) is 2.91. The highest BCUT2D eigenvalue weighted by Crippen LogP contribution is 2.27. The van der Waals surface area contributed by atoms with E-state index >= 15 is 0 Å². The minimum Gasteiger partial charge on any atom is -0.508 e. The van der Waals surface area contributed by atoms with Gasteiger partial charge in [0.2, 0.25) is 5.56 Å². The van der Waals surface area contributed by atoms with Gasteiger partial charge in [0, 0.05) is 17.5 Å². The molecule has 0 radical (unpaired) electrons. The van der Waals surface area contributed by atoms with E-state index in [0.717, 1.165) is 16.5 Å². The Morgan fingerprint density at radius 3 is 2.50 bits per heavy atom. The van der Waals surface area contributed by atoms with Crippen molar-refractivity contribution < 1.29 is 5.11 Å². The van der Waals surface area contributed by atoms with Crippen LogP contribution in [0.15, 0.2) is 59.4 Å². The normalized spacial score (nSPS) is 10.7. The first-order valence-corrected chi connectivity index (χ1v) is 5.65. The number of H-pyrrole nitrogens is 1. The van der Waals surface area contributed by atoms with Crippen LogP contribution in [0.4, 0.5) is 0 Å². The van der Waals surface area contributed by atoms with Crippen LogP contribution < -0.4 is 5.56 Å². The summed E-state index contributed by atoms with van der Waals surface area (Å²) >= 11 is 0. The van der Waals surface area contributed by atoms with E-state index in [1.165, 1.54) is 0 Å². The van der Waals surface area contributed by atoms with Gasteiger partial charge in [0.15, 0.2) is 0 Å². The summed E-state index contributed by atoms with van der Waals surface area (Å²) in [5.74, 6) is 0.142. The second kappa shape index (κ2) is 4.04. The number of rotatable bonds is 1. The third kappa shape index (κ3) is 1.76. The summed E-state index contributed by atoms with van der Waals surface area (Å²) < 4.78 is 0. The van der Waals surface area contributed by atoms with Crippen molar-refractivity contribution in [3.63, 3.8) is 0 Å². The average Bonchev–Trinajstić information content (AvgIpc) is 2.38. The third-order valence-corrected chi connectivity index (χ3v) is 2.91. The van der Waals surface area contributed by atoms with Crippen molar-refractivity contribution in [3.8, 4) is 16.9 Å². The van der Waals surface area contributed by atoms with Crippen LogP contribution in [0.25, 0.3) is 22.0 Å². The Balaban J connectivity index is 2.39. The Hall–Kier alpha value is -2.55. The van der Waals surface area contributed by atoms with Crippen molar-refractivity contribution in [2.75, 3.05) is 0 Å². The SMILES string of the molecule is O=c1cc(-c2ccccc2)c2ccc(O)cc2[nH]1. The van der Waals surface area contributed by atoms with Gasteiger partial charge in [0.25, 0.3) is 0 Å². The number of nitrogens with one attached hydrogen (secondary N) is 1. The van der Waals surface area contributed by atoms with E-state index < -0.39 is 0 Å². The molecule has 0 saturated heterocycles. The van der Waals surface area contributed by atoms with Crippen LogP contribution in [0, 0.1) is 0 Å². The summed E-state index contributed by atoms with van der Waals surface area (Å²) in [6, 6.07) is 16.3. The number of benzene rings is 2. The summed E-state index contributed by atoms with van der Waals surface area (Å²) in [6.07, 6.45) is 0. The van der Waals surface area contributed by atoms with Gasteiger partial charge in [-0.05, 0) is 23.3 Å². The molecule has 3 aromatic rings. The predicted octanol–water partition coefficient (Wildman–Crippen LogP) is 2.90. The predicted molar refractivity (Wildman–Crippen MR) is 71.7 cm³/mol. The van der Waals surface area contributed by atoms with E-state index in [1.54, 1.807) is 18.2 Å². The average molecular weight is 237 g/mol. The van der Waals surface area contributed by atoms with Crippen molar-refractivity contribution in [3.05, 3.63) is 65.0 Å². The van der Waals surface area contributed by atoms with Gasteiger partial charge in [0.05, 0.1) is 5.52 Å².